The van der Waals surface area contributed by atoms with Crippen LogP contribution in [0.15, 0.2) is 35.3 Å². The van der Waals surface area contributed by atoms with E-state index < -0.39 is 39.1 Å². The number of alkyl halides is 6. The van der Waals surface area contributed by atoms with E-state index in [9.17, 15) is 31.1 Å². The van der Waals surface area contributed by atoms with Crippen molar-refractivity contribution in [1.29, 1.82) is 0 Å². The molecule has 0 saturated carbocycles. The molecule has 0 unspecified atom stereocenters. The molecule has 1 heterocycles. The number of rotatable bonds is 1. The zero-order valence-corrected chi connectivity index (χ0v) is 12.3. The van der Waals surface area contributed by atoms with Gasteiger partial charge < -0.3 is 0 Å². The molecule has 23 heavy (non-hydrogen) atoms. The van der Waals surface area contributed by atoms with Crippen LogP contribution in [0.3, 0.4) is 0 Å². The highest BCUT2D eigenvalue weighted by Crippen LogP contribution is 2.37. The second-order valence-electron chi connectivity index (χ2n) is 4.41. The van der Waals surface area contributed by atoms with Gasteiger partial charge in [0, 0.05) is 12.3 Å². The fourth-order valence-electron chi connectivity index (χ4n) is 1.80. The van der Waals surface area contributed by atoms with E-state index in [2.05, 4.69) is 0 Å². The van der Waals surface area contributed by atoms with Crippen LogP contribution in [0.1, 0.15) is 11.1 Å². The molecule has 0 aliphatic heterocycles. The van der Waals surface area contributed by atoms with Crippen molar-refractivity contribution in [3.8, 4) is 5.69 Å². The van der Waals surface area contributed by atoms with Gasteiger partial charge in [-0.2, -0.15) is 26.3 Å². The molecule has 0 aliphatic carbocycles. The monoisotopic (exact) mass is 375 g/mol. The smallest absolute Gasteiger partial charge is 0.281 e. The Labute approximate surface area is 134 Å². The van der Waals surface area contributed by atoms with E-state index >= 15 is 0 Å². The number of nitrogens with zero attached hydrogens (tertiary/aromatic N) is 1. The average molecular weight is 376 g/mol. The Morgan fingerprint density at radius 3 is 1.70 bits per heavy atom. The summed E-state index contributed by atoms with van der Waals surface area (Å²) in [7, 11) is 0. The minimum atomic E-state index is -4.73. The molecule has 0 atom stereocenters. The zero-order valence-electron chi connectivity index (χ0n) is 10.8. The highest BCUT2D eigenvalue weighted by molar-refractivity contribution is 6.37. The van der Waals surface area contributed by atoms with Crippen molar-refractivity contribution in [2.45, 2.75) is 12.4 Å². The lowest BCUT2D eigenvalue weighted by Crippen LogP contribution is -2.21. The van der Waals surface area contributed by atoms with Gasteiger partial charge in [-0.25, -0.2) is 0 Å². The molecule has 0 radical (unpaired) electrons. The topological polar surface area (TPSA) is 22.0 Å². The molecule has 2 aromatic rings. The average Bonchev–Trinajstić information content (AvgIpc) is 2.37. The second-order valence-corrected chi connectivity index (χ2v) is 5.22. The van der Waals surface area contributed by atoms with Crippen molar-refractivity contribution in [2.24, 2.45) is 0 Å². The number of hydrogen-bond acceptors (Lipinski definition) is 1. The van der Waals surface area contributed by atoms with Crippen LogP contribution < -0.4 is 5.56 Å². The standard InChI is InChI=1S/C13H5Cl2F6NO/c14-8-3-7(13(19,20)21)4-9(15)11(8)22-2-1-6(5-10(22)23)12(16,17)18/h1-5H. The number of aromatic nitrogens is 1. The normalized spacial score (nSPS) is 12.5. The molecule has 0 aliphatic rings. The Morgan fingerprint density at radius 1 is 0.826 bits per heavy atom. The highest BCUT2D eigenvalue weighted by atomic mass is 35.5. The third kappa shape index (κ3) is 3.64. The lowest BCUT2D eigenvalue weighted by molar-refractivity contribution is -0.138. The summed E-state index contributed by atoms with van der Waals surface area (Å²) in [5, 5.41) is -1.04. The number of halogens is 8. The summed E-state index contributed by atoms with van der Waals surface area (Å²) in [6, 6.07) is 1.95. The summed E-state index contributed by atoms with van der Waals surface area (Å²) in [6.45, 7) is 0. The third-order valence-electron chi connectivity index (χ3n) is 2.83. The second kappa shape index (κ2) is 5.76. The quantitative estimate of drug-likeness (QED) is 0.629. The maximum absolute atomic E-state index is 12.6. The number of hydrogen-bond donors (Lipinski definition) is 0. The van der Waals surface area contributed by atoms with Gasteiger partial charge in [-0.15, -0.1) is 0 Å². The summed E-state index contributed by atoms with van der Waals surface area (Å²) >= 11 is 11.4. The van der Waals surface area contributed by atoms with E-state index in [0.29, 0.717) is 28.8 Å². The predicted octanol–water partition coefficient (Wildman–Crippen LogP) is 5.18. The molecule has 0 saturated heterocycles. The van der Waals surface area contributed by atoms with E-state index in [0.717, 1.165) is 6.20 Å². The van der Waals surface area contributed by atoms with E-state index in [1.165, 1.54) is 0 Å². The van der Waals surface area contributed by atoms with Gasteiger partial charge in [0.25, 0.3) is 5.56 Å². The molecule has 1 aromatic heterocycles. The van der Waals surface area contributed by atoms with Crippen molar-refractivity contribution >= 4 is 23.2 Å². The highest BCUT2D eigenvalue weighted by Gasteiger charge is 2.33. The fraction of sp³-hybridized carbons (Fsp3) is 0.154. The molecule has 0 amide bonds. The molecule has 0 spiro atoms. The van der Waals surface area contributed by atoms with Gasteiger partial charge >= 0.3 is 12.4 Å². The first-order valence-electron chi connectivity index (χ1n) is 5.78. The van der Waals surface area contributed by atoms with Crippen LogP contribution in [0, 0.1) is 0 Å². The van der Waals surface area contributed by atoms with E-state index in [1.807, 2.05) is 0 Å². The summed E-state index contributed by atoms with van der Waals surface area (Å²) in [4.78, 5) is 11.8. The molecule has 2 rings (SSSR count). The largest absolute Gasteiger partial charge is 0.416 e. The number of benzene rings is 1. The summed E-state index contributed by atoms with van der Waals surface area (Å²) < 4.78 is 76.1. The SMILES string of the molecule is O=c1cc(C(F)(F)F)ccn1-c1c(Cl)cc(C(F)(F)F)cc1Cl. The van der Waals surface area contributed by atoms with Crippen molar-refractivity contribution < 1.29 is 26.3 Å². The molecule has 124 valence electrons. The minimum absolute atomic E-state index is 0.296. The first-order valence-corrected chi connectivity index (χ1v) is 6.53. The van der Waals surface area contributed by atoms with Crippen molar-refractivity contribution in [3.63, 3.8) is 0 Å². The van der Waals surface area contributed by atoms with Crippen LogP contribution in [0.25, 0.3) is 5.69 Å². The lowest BCUT2D eigenvalue weighted by Gasteiger charge is -2.14. The van der Waals surface area contributed by atoms with Gasteiger partial charge in [-0.1, -0.05) is 23.2 Å². The molecular formula is C13H5Cl2F6NO. The Hall–Kier alpha value is -1.67. The van der Waals surface area contributed by atoms with E-state index in [4.69, 9.17) is 23.2 Å². The maximum atomic E-state index is 12.6. The van der Waals surface area contributed by atoms with Crippen molar-refractivity contribution in [3.05, 3.63) is 62.0 Å². The van der Waals surface area contributed by atoms with Crippen LogP contribution in [-0.4, -0.2) is 4.57 Å². The van der Waals surface area contributed by atoms with Crippen LogP contribution in [-0.2, 0) is 12.4 Å². The van der Waals surface area contributed by atoms with Gasteiger partial charge in [0.15, 0.2) is 0 Å². The molecule has 10 heteroatoms. The van der Waals surface area contributed by atoms with Crippen molar-refractivity contribution in [1.82, 2.24) is 4.57 Å². The molecule has 0 bridgehead atoms. The van der Waals surface area contributed by atoms with E-state index in [1.54, 1.807) is 0 Å². The van der Waals surface area contributed by atoms with Gasteiger partial charge in [-0.3, -0.25) is 9.36 Å². The van der Waals surface area contributed by atoms with Crippen LogP contribution in [0.5, 0.6) is 0 Å². The van der Waals surface area contributed by atoms with E-state index in [-0.39, 0.29) is 5.69 Å². The Kier molecular flexibility index (Phi) is 4.42. The molecular weight excluding hydrogens is 371 g/mol. The lowest BCUT2D eigenvalue weighted by atomic mass is 10.2. The van der Waals surface area contributed by atoms with Gasteiger partial charge in [0.2, 0.25) is 0 Å². The molecule has 0 fully saturated rings. The minimum Gasteiger partial charge on any atom is -0.281 e. The third-order valence-corrected chi connectivity index (χ3v) is 3.41. The Morgan fingerprint density at radius 2 is 1.30 bits per heavy atom. The summed E-state index contributed by atoms with van der Waals surface area (Å²) in [5.41, 5.74) is -3.81. The molecule has 1 aromatic carbocycles. The van der Waals surface area contributed by atoms with Crippen LogP contribution >= 0.6 is 23.2 Å². The number of pyridine rings is 1. The first kappa shape index (κ1) is 17.7. The van der Waals surface area contributed by atoms with Gasteiger partial charge in [0.05, 0.1) is 26.9 Å². The van der Waals surface area contributed by atoms with Crippen LogP contribution in [0.4, 0.5) is 26.3 Å². The summed E-state index contributed by atoms with van der Waals surface area (Å²) in [6.07, 6.45) is -8.70. The first-order chi connectivity index (χ1) is 10.4. The molecule has 0 N–H and O–H groups in total. The zero-order chi connectivity index (χ0) is 17.6. The fourth-order valence-corrected chi connectivity index (χ4v) is 2.47. The predicted molar refractivity (Wildman–Crippen MR) is 72.1 cm³/mol. The Balaban J connectivity index is 2.62. The molecule has 2 nitrogen and oxygen atoms in total. The maximum Gasteiger partial charge on any atom is 0.416 e. The van der Waals surface area contributed by atoms with Crippen LogP contribution in [0.2, 0.25) is 10.0 Å². The summed E-state index contributed by atoms with van der Waals surface area (Å²) in [5.74, 6) is 0. The van der Waals surface area contributed by atoms with Crippen molar-refractivity contribution in [2.75, 3.05) is 0 Å². The Bertz CT molecular complexity index is 786. The van der Waals surface area contributed by atoms with Gasteiger partial charge in [-0.05, 0) is 18.2 Å². The van der Waals surface area contributed by atoms with Gasteiger partial charge in [0.1, 0.15) is 0 Å².